The highest BCUT2D eigenvalue weighted by atomic mass is 35.5. The maximum Gasteiger partial charge on any atom is 0.0616 e. The van der Waals surface area contributed by atoms with Crippen LogP contribution in [0.5, 0.6) is 0 Å². The molecule has 116 valence electrons. The smallest absolute Gasteiger partial charge is 0.0616 e. The molecule has 1 aliphatic rings. The Morgan fingerprint density at radius 3 is 2.55 bits per heavy atom. The average molecular weight is 315 g/mol. The van der Waals surface area contributed by atoms with E-state index in [-0.39, 0.29) is 6.04 Å². The molecule has 1 fully saturated rings. The molecule has 1 unspecified atom stereocenters. The molecule has 0 bridgehead atoms. The third-order valence-corrected chi connectivity index (χ3v) is 4.68. The van der Waals surface area contributed by atoms with Crippen LogP contribution in [0.15, 0.2) is 48.5 Å². The van der Waals surface area contributed by atoms with Gasteiger partial charge in [0.25, 0.3) is 0 Å². The van der Waals surface area contributed by atoms with Crippen LogP contribution in [0.3, 0.4) is 0 Å². The number of hydrogen-bond acceptors (Lipinski definition) is 2. The lowest BCUT2D eigenvalue weighted by Gasteiger charge is -2.32. The van der Waals surface area contributed by atoms with E-state index in [1.165, 1.54) is 23.1 Å². The van der Waals surface area contributed by atoms with Gasteiger partial charge in [-0.15, -0.1) is 0 Å². The molecule has 0 aliphatic carbocycles. The predicted molar refractivity (Wildman–Crippen MR) is 93.5 cm³/mol. The lowest BCUT2D eigenvalue weighted by atomic mass is 9.96. The molecule has 22 heavy (non-hydrogen) atoms. The summed E-state index contributed by atoms with van der Waals surface area (Å²) in [7, 11) is 0. The predicted octanol–water partition coefficient (Wildman–Crippen LogP) is 4.03. The minimum Gasteiger partial charge on any atom is -0.315 e. The molecule has 0 aromatic heterocycles. The van der Waals surface area contributed by atoms with Crippen molar-refractivity contribution in [3.8, 4) is 0 Å². The van der Waals surface area contributed by atoms with Crippen LogP contribution < -0.4 is 5.32 Å². The van der Waals surface area contributed by atoms with Crippen LogP contribution >= 0.6 is 11.6 Å². The van der Waals surface area contributed by atoms with E-state index in [0.717, 1.165) is 31.2 Å². The maximum atomic E-state index is 6.52. The normalized spacial score (nSPS) is 17.9. The summed E-state index contributed by atoms with van der Waals surface area (Å²) in [4.78, 5) is 2.55. The summed E-state index contributed by atoms with van der Waals surface area (Å²) in [5.74, 6) is 0. The molecule has 3 heteroatoms. The van der Waals surface area contributed by atoms with Crippen LogP contribution in [-0.2, 0) is 0 Å². The van der Waals surface area contributed by atoms with E-state index >= 15 is 0 Å². The highest BCUT2D eigenvalue weighted by molar-refractivity contribution is 6.31. The summed E-state index contributed by atoms with van der Waals surface area (Å²) in [5, 5.41) is 4.34. The molecule has 0 spiro atoms. The Morgan fingerprint density at radius 2 is 1.77 bits per heavy atom. The molecule has 1 saturated heterocycles. The first kappa shape index (κ1) is 15.5. The molecule has 1 N–H and O–H groups in total. The van der Waals surface area contributed by atoms with Gasteiger partial charge in [0.15, 0.2) is 0 Å². The Kier molecular flexibility index (Phi) is 5.14. The second-order valence-corrected chi connectivity index (χ2v) is 6.38. The summed E-state index contributed by atoms with van der Waals surface area (Å²) in [6.07, 6.45) is 1.17. The third-order valence-electron chi connectivity index (χ3n) is 4.33. The molecule has 3 rings (SSSR count). The van der Waals surface area contributed by atoms with Gasteiger partial charge in [0.05, 0.1) is 6.04 Å². The minimum absolute atomic E-state index is 0.231. The molecule has 1 atom stereocenters. The van der Waals surface area contributed by atoms with Gasteiger partial charge in [-0.25, -0.2) is 0 Å². The number of nitrogens with zero attached hydrogens (tertiary/aromatic N) is 1. The Morgan fingerprint density at radius 1 is 1.00 bits per heavy atom. The van der Waals surface area contributed by atoms with Crippen LogP contribution in [-0.4, -0.2) is 31.1 Å². The zero-order valence-corrected chi connectivity index (χ0v) is 13.8. The summed E-state index contributed by atoms with van der Waals surface area (Å²) in [5.41, 5.74) is 3.81. The van der Waals surface area contributed by atoms with Gasteiger partial charge in [0.2, 0.25) is 0 Å². The van der Waals surface area contributed by atoms with Gasteiger partial charge in [0, 0.05) is 24.7 Å². The molecule has 2 nitrogen and oxygen atoms in total. The van der Waals surface area contributed by atoms with Gasteiger partial charge < -0.3 is 5.32 Å². The minimum atomic E-state index is 0.231. The molecule has 0 radical (unpaired) electrons. The topological polar surface area (TPSA) is 15.3 Å². The first-order chi connectivity index (χ1) is 10.8. The van der Waals surface area contributed by atoms with Gasteiger partial charge >= 0.3 is 0 Å². The number of nitrogens with one attached hydrogen (secondary N) is 1. The van der Waals surface area contributed by atoms with Crippen molar-refractivity contribution in [3.63, 3.8) is 0 Å². The molecular weight excluding hydrogens is 292 g/mol. The number of rotatable bonds is 3. The molecular formula is C19H23ClN2. The third kappa shape index (κ3) is 3.52. The van der Waals surface area contributed by atoms with Crippen LogP contribution in [0.4, 0.5) is 0 Å². The van der Waals surface area contributed by atoms with Crippen molar-refractivity contribution in [2.45, 2.75) is 19.4 Å². The average Bonchev–Trinajstić information content (AvgIpc) is 2.80. The van der Waals surface area contributed by atoms with E-state index in [9.17, 15) is 0 Å². The summed E-state index contributed by atoms with van der Waals surface area (Å²) >= 11 is 6.52. The molecule has 0 amide bonds. The van der Waals surface area contributed by atoms with Crippen molar-refractivity contribution < 1.29 is 0 Å². The van der Waals surface area contributed by atoms with E-state index in [1.54, 1.807) is 0 Å². The van der Waals surface area contributed by atoms with Crippen LogP contribution in [0.2, 0.25) is 5.02 Å². The van der Waals surface area contributed by atoms with Crippen molar-refractivity contribution in [1.82, 2.24) is 10.2 Å². The number of benzene rings is 2. The summed E-state index contributed by atoms with van der Waals surface area (Å²) in [6, 6.07) is 17.3. The Hall–Kier alpha value is -1.35. The summed E-state index contributed by atoms with van der Waals surface area (Å²) in [6.45, 7) is 6.40. The first-order valence-corrected chi connectivity index (χ1v) is 8.39. The fourth-order valence-corrected chi connectivity index (χ4v) is 3.40. The summed E-state index contributed by atoms with van der Waals surface area (Å²) < 4.78 is 0. The van der Waals surface area contributed by atoms with Crippen molar-refractivity contribution >= 4 is 11.6 Å². The zero-order chi connectivity index (χ0) is 15.4. The van der Waals surface area contributed by atoms with Crippen molar-refractivity contribution in [2.24, 2.45) is 0 Å². The van der Waals surface area contributed by atoms with Crippen LogP contribution in [0.1, 0.15) is 29.2 Å². The van der Waals surface area contributed by atoms with Gasteiger partial charge in [-0.3, -0.25) is 4.90 Å². The van der Waals surface area contributed by atoms with E-state index in [4.69, 9.17) is 11.6 Å². The quantitative estimate of drug-likeness (QED) is 0.920. The van der Waals surface area contributed by atoms with E-state index < -0.39 is 0 Å². The molecule has 2 aromatic carbocycles. The SMILES string of the molecule is Cc1ccc(C(c2ccccc2Cl)N2CCCNCC2)cc1. The lowest BCUT2D eigenvalue weighted by molar-refractivity contribution is 0.241. The molecule has 2 aromatic rings. The number of aryl methyl sites for hydroxylation is 1. The lowest BCUT2D eigenvalue weighted by Crippen LogP contribution is -2.33. The van der Waals surface area contributed by atoms with Crippen molar-refractivity contribution in [2.75, 3.05) is 26.2 Å². The van der Waals surface area contributed by atoms with Crippen LogP contribution in [0, 0.1) is 6.92 Å². The fraction of sp³-hybridized carbons (Fsp3) is 0.368. The Labute approximate surface area is 138 Å². The molecule has 1 heterocycles. The zero-order valence-electron chi connectivity index (χ0n) is 13.1. The molecule has 0 saturated carbocycles. The van der Waals surface area contributed by atoms with E-state index in [1.807, 2.05) is 12.1 Å². The van der Waals surface area contributed by atoms with Gasteiger partial charge in [-0.2, -0.15) is 0 Å². The van der Waals surface area contributed by atoms with Crippen LogP contribution in [0.25, 0.3) is 0 Å². The fourth-order valence-electron chi connectivity index (χ4n) is 3.16. The number of halogens is 1. The standard InChI is InChI=1S/C19H23ClN2/c1-15-7-9-16(10-8-15)19(17-5-2-3-6-18(17)20)22-13-4-11-21-12-14-22/h2-3,5-10,19,21H,4,11-14H2,1H3. The second kappa shape index (κ2) is 7.28. The van der Waals surface area contributed by atoms with Gasteiger partial charge in [0.1, 0.15) is 0 Å². The molecule has 1 aliphatic heterocycles. The number of hydrogen-bond donors (Lipinski definition) is 1. The van der Waals surface area contributed by atoms with E-state index in [2.05, 4.69) is 53.5 Å². The second-order valence-electron chi connectivity index (χ2n) is 5.97. The maximum absolute atomic E-state index is 6.52. The van der Waals surface area contributed by atoms with Crippen molar-refractivity contribution in [3.05, 3.63) is 70.2 Å². The van der Waals surface area contributed by atoms with Crippen molar-refractivity contribution in [1.29, 1.82) is 0 Å². The van der Waals surface area contributed by atoms with Gasteiger partial charge in [-0.1, -0.05) is 59.6 Å². The highest BCUT2D eigenvalue weighted by Gasteiger charge is 2.24. The first-order valence-electron chi connectivity index (χ1n) is 8.01. The van der Waals surface area contributed by atoms with Gasteiger partial charge in [-0.05, 0) is 37.1 Å². The monoisotopic (exact) mass is 314 g/mol. The highest BCUT2D eigenvalue weighted by Crippen LogP contribution is 2.33. The van der Waals surface area contributed by atoms with E-state index in [0.29, 0.717) is 0 Å². The Balaban J connectivity index is 2.01. The Bertz CT molecular complexity index is 601. The largest absolute Gasteiger partial charge is 0.315 e.